The Kier molecular flexibility index (Phi) is 4.54. The molecule has 1 aromatic rings. The topological polar surface area (TPSA) is 17.1 Å². The number of rotatable bonds is 3. The normalized spacial score (nSPS) is 17.3. The van der Waals surface area contributed by atoms with E-state index in [1.165, 1.54) is 5.57 Å². The van der Waals surface area contributed by atoms with Crippen LogP contribution in [0.3, 0.4) is 0 Å². The molecule has 0 unspecified atom stereocenters. The molecule has 2 rings (SSSR count). The van der Waals surface area contributed by atoms with Crippen LogP contribution in [0.15, 0.2) is 47.0 Å². The molecule has 1 fully saturated rings. The SMILES string of the molecule is C=C1CCC(C(=O)/C=C/c2ccccc2Br)CC1. The molecule has 0 amide bonds. The molecule has 0 bridgehead atoms. The molecule has 0 radical (unpaired) electrons. The first-order valence-corrected chi connectivity index (χ1v) is 7.09. The first-order chi connectivity index (χ1) is 8.66. The van der Waals surface area contributed by atoms with Crippen molar-refractivity contribution in [2.45, 2.75) is 25.7 Å². The van der Waals surface area contributed by atoms with Crippen molar-refractivity contribution in [3.8, 4) is 0 Å². The van der Waals surface area contributed by atoms with Gasteiger partial charge in [0.25, 0.3) is 0 Å². The van der Waals surface area contributed by atoms with E-state index in [0.29, 0.717) is 0 Å². The maximum absolute atomic E-state index is 12.1. The third kappa shape index (κ3) is 3.42. The number of allylic oxidation sites excluding steroid dienone is 2. The Morgan fingerprint density at radius 3 is 2.61 bits per heavy atom. The standard InChI is InChI=1S/C16H17BrO/c1-12-6-8-14(9-7-12)16(18)11-10-13-4-2-3-5-15(13)17/h2-5,10-11,14H,1,6-9H2/b11-10+. The lowest BCUT2D eigenvalue weighted by atomic mass is 9.84. The number of carbonyl (C=O) groups is 1. The van der Waals surface area contributed by atoms with Crippen molar-refractivity contribution in [3.05, 3.63) is 52.5 Å². The Hall–Kier alpha value is -1.15. The predicted octanol–water partition coefficient (Wildman–Crippen LogP) is 4.78. The zero-order chi connectivity index (χ0) is 13.0. The number of ketones is 1. The van der Waals surface area contributed by atoms with E-state index in [1.807, 2.05) is 30.3 Å². The van der Waals surface area contributed by atoms with Gasteiger partial charge in [-0.25, -0.2) is 0 Å². The van der Waals surface area contributed by atoms with Crippen molar-refractivity contribution in [2.24, 2.45) is 5.92 Å². The molecule has 1 nitrogen and oxygen atoms in total. The lowest BCUT2D eigenvalue weighted by molar-refractivity contribution is -0.118. The molecule has 1 aromatic carbocycles. The molecule has 1 saturated carbocycles. The highest BCUT2D eigenvalue weighted by atomic mass is 79.9. The minimum Gasteiger partial charge on any atom is -0.295 e. The Morgan fingerprint density at radius 1 is 1.28 bits per heavy atom. The van der Waals surface area contributed by atoms with E-state index in [1.54, 1.807) is 6.08 Å². The monoisotopic (exact) mass is 304 g/mol. The Labute approximate surface area is 117 Å². The third-order valence-corrected chi connectivity index (χ3v) is 4.15. The summed E-state index contributed by atoms with van der Waals surface area (Å²) >= 11 is 3.48. The summed E-state index contributed by atoms with van der Waals surface area (Å²) in [6.45, 7) is 3.98. The highest BCUT2D eigenvalue weighted by Gasteiger charge is 2.20. The zero-order valence-electron chi connectivity index (χ0n) is 10.4. The minimum absolute atomic E-state index is 0.189. The number of hydrogen-bond donors (Lipinski definition) is 0. The number of halogens is 1. The van der Waals surface area contributed by atoms with Crippen LogP contribution in [0.25, 0.3) is 6.08 Å². The maximum Gasteiger partial charge on any atom is 0.158 e. The van der Waals surface area contributed by atoms with Crippen LogP contribution < -0.4 is 0 Å². The van der Waals surface area contributed by atoms with E-state index < -0.39 is 0 Å². The third-order valence-electron chi connectivity index (χ3n) is 3.43. The number of hydrogen-bond acceptors (Lipinski definition) is 1. The van der Waals surface area contributed by atoms with E-state index >= 15 is 0 Å². The molecule has 94 valence electrons. The Balaban J connectivity index is 1.99. The average molecular weight is 305 g/mol. The molecule has 0 N–H and O–H groups in total. The van der Waals surface area contributed by atoms with Gasteiger partial charge in [-0.2, -0.15) is 0 Å². The van der Waals surface area contributed by atoms with Gasteiger partial charge >= 0.3 is 0 Å². The van der Waals surface area contributed by atoms with Crippen LogP contribution in [0, 0.1) is 5.92 Å². The van der Waals surface area contributed by atoms with Crippen molar-refractivity contribution >= 4 is 27.8 Å². The molecule has 0 spiro atoms. The first kappa shape index (κ1) is 13.3. The molecular weight excluding hydrogens is 288 g/mol. The van der Waals surface area contributed by atoms with Crippen molar-refractivity contribution in [3.63, 3.8) is 0 Å². The van der Waals surface area contributed by atoms with Crippen LogP contribution >= 0.6 is 15.9 Å². The first-order valence-electron chi connectivity index (χ1n) is 6.30. The second-order valence-electron chi connectivity index (χ2n) is 4.78. The molecular formula is C16H17BrO. The summed E-state index contributed by atoms with van der Waals surface area (Å²) in [6, 6.07) is 7.92. The predicted molar refractivity (Wildman–Crippen MR) is 79.3 cm³/mol. The second kappa shape index (κ2) is 6.14. The summed E-state index contributed by atoms with van der Waals surface area (Å²) in [4.78, 5) is 12.1. The lowest BCUT2D eigenvalue weighted by Crippen LogP contribution is -2.16. The highest BCUT2D eigenvalue weighted by Crippen LogP contribution is 2.28. The van der Waals surface area contributed by atoms with Gasteiger partial charge in [-0.05, 0) is 43.4 Å². The number of carbonyl (C=O) groups excluding carboxylic acids is 1. The van der Waals surface area contributed by atoms with E-state index in [4.69, 9.17) is 0 Å². The maximum atomic E-state index is 12.1. The fourth-order valence-corrected chi connectivity index (χ4v) is 2.65. The minimum atomic E-state index is 0.189. The molecule has 0 atom stereocenters. The molecule has 0 heterocycles. The van der Waals surface area contributed by atoms with E-state index in [-0.39, 0.29) is 11.7 Å². The van der Waals surface area contributed by atoms with Crippen molar-refractivity contribution in [2.75, 3.05) is 0 Å². The van der Waals surface area contributed by atoms with Crippen LogP contribution in [-0.4, -0.2) is 5.78 Å². The number of benzene rings is 1. The van der Waals surface area contributed by atoms with E-state index in [2.05, 4.69) is 22.5 Å². The van der Waals surface area contributed by atoms with Gasteiger partial charge < -0.3 is 0 Å². The van der Waals surface area contributed by atoms with Gasteiger partial charge in [0.1, 0.15) is 0 Å². The summed E-state index contributed by atoms with van der Waals surface area (Å²) in [6.07, 6.45) is 7.53. The molecule has 2 heteroatoms. The fraction of sp³-hybridized carbons (Fsp3) is 0.312. The van der Waals surface area contributed by atoms with Crippen molar-refractivity contribution < 1.29 is 4.79 Å². The largest absolute Gasteiger partial charge is 0.295 e. The van der Waals surface area contributed by atoms with Gasteiger partial charge in [0, 0.05) is 10.4 Å². The smallest absolute Gasteiger partial charge is 0.158 e. The summed E-state index contributed by atoms with van der Waals surface area (Å²) in [5.74, 6) is 0.437. The van der Waals surface area contributed by atoms with E-state index in [0.717, 1.165) is 35.7 Å². The lowest BCUT2D eigenvalue weighted by Gasteiger charge is -2.20. The molecule has 1 aliphatic carbocycles. The van der Waals surface area contributed by atoms with Crippen molar-refractivity contribution in [1.29, 1.82) is 0 Å². The van der Waals surface area contributed by atoms with Crippen LogP contribution in [-0.2, 0) is 4.79 Å². The van der Waals surface area contributed by atoms with Gasteiger partial charge in [0.2, 0.25) is 0 Å². The Bertz CT molecular complexity index is 478. The summed E-state index contributed by atoms with van der Waals surface area (Å²) in [5, 5.41) is 0. The molecule has 0 saturated heterocycles. The van der Waals surface area contributed by atoms with Crippen molar-refractivity contribution in [1.82, 2.24) is 0 Å². The second-order valence-corrected chi connectivity index (χ2v) is 5.64. The van der Waals surface area contributed by atoms with Gasteiger partial charge in [0.15, 0.2) is 5.78 Å². The van der Waals surface area contributed by atoms with E-state index in [9.17, 15) is 4.79 Å². The van der Waals surface area contributed by atoms with Crippen LogP contribution in [0.2, 0.25) is 0 Å². The fourth-order valence-electron chi connectivity index (χ4n) is 2.23. The van der Waals surface area contributed by atoms with Crippen LogP contribution in [0.4, 0.5) is 0 Å². The summed E-state index contributed by atoms with van der Waals surface area (Å²) in [7, 11) is 0. The highest BCUT2D eigenvalue weighted by molar-refractivity contribution is 9.10. The molecule has 1 aliphatic rings. The van der Waals surface area contributed by atoms with Crippen LogP contribution in [0.1, 0.15) is 31.2 Å². The van der Waals surface area contributed by atoms with Gasteiger partial charge in [0.05, 0.1) is 0 Å². The van der Waals surface area contributed by atoms with Gasteiger partial charge in [-0.3, -0.25) is 4.79 Å². The quantitative estimate of drug-likeness (QED) is 0.580. The summed E-state index contributed by atoms with van der Waals surface area (Å²) < 4.78 is 1.02. The summed E-state index contributed by atoms with van der Waals surface area (Å²) in [5.41, 5.74) is 2.33. The van der Waals surface area contributed by atoms with Gasteiger partial charge in [-0.1, -0.05) is 52.4 Å². The van der Waals surface area contributed by atoms with Crippen LogP contribution in [0.5, 0.6) is 0 Å². The molecule has 18 heavy (non-hydrogen) atoms. The molecule has 0 aromatic heterocycles. The van der Waals surface area contributed by atoms with Gasteiger partial charge in [-0.15, -0.1) is 0 Å². The Morgan fingerprint density at radius 2 is 1.94 bits per heavy atom. The average Bonchev–Trinajstić information content (AvgIpc) is 2.38. The zero-order valence-corrected chi connectivity index (χ0v) is 11.9. The molecule has 0 aliphatic heterocycles.